The van der Waals surface area contributed by atoms with Gasteiger partial charge in [0.1, 0.15) is 0 Å². The zero-order valence-electron chi connectivity index (χ0n) is 15.1. The van der Waals surface area contributed by atoms with Crippen LogP contribution in [0, 0.1) is 0 Å². The standard InChI is InChI=1S/C19H17ClF3N3O3/c20-13-4-5-14(18(28)26-7-1-2-8-26)15(9-13)25-17(27)12-3-6-16(24-10-12)29-11-19(21,22)23/h3-6,9-10H,1-2,7-8,11H2,(H,25,27). The summed E-state index contributed by atoms with van der Waals surface area (Å²) in [4.78, 5) is 30.6. The quantitative estimate of drug-likeness (QED) is 0.777. The molecular formula is C19H17ClF3N3O3. The first kappa shape index (κ1) is 20.9. The van der Waals surface area contributed by atoms with Crippen molar-refractivity contribution in [3.05, 3.63) is 52.7 Å². The Hall–Kier alpha value is -2.81. The number of carbonyl (C=O) groups is 2. The van der Waals surface area contributed by atoms with Gasteiger partial charge in [0.15, 0.2) is 6.61 Å². The molecule has 0 spiro atoms. The molecule has 29 heavy (non-hydrogen) atoms. The van der Waals surface area contributed by atoms with Crippen molar-refractivity contribution in [3.8, 4) is 5.88 Å². The molecule has 6 nitrogen and oxygen atoms in total. The number of benzene rings is 1. The predicted octanol–water partition coefficient (Wildman–Crippen LogP) is 4.16. The van der Waals surface area contributed by atoms with Crippen LogP contribution in [0.25, 0.3) is 0 Å². The first-order chi connectivity index (χ1) is 13.7. The molecule has 0 unspecified atom stereocenters. The van der Waals surface area contributed by atoms with Crippen molar-refractivity contribution in [1.29, 1.82) is 0 Å². The van der Waals surface area contributed by atoms with Gasteiger partial charge in [-0.05, 0) is 37.1 Å². The molecule has 1 saturated heterocycles. The second kappa shape index (κ2) is 8.69. The fraction of sp³-hybridized carbons (Fsp3) is 0.316. The van der Waals surface area contributed by atoms with Crippen LogP contribution >= 0.6 is 11.6 Å². The van der Waals surface area contributed by atoms with Crippen LogP contribution in [0.15, 0.2) is 36.5 Å². The van der Waals surface area contributed by atoms with Crippen molar-refractivity contribution < 1.29 is 27.5 Å². The lowest BCUT2D eigenvalue weighted by Gasteiger charge is -2.18. The van der Waals surface area contributed by atoms with Crippen LogP contribution in [0.2, 0.25) is 5.02 Å². The number of likely N-dealkylation sites (tertiary alicyclic amines) is 1. The van der Waals surface area contributed by atoms with E-state index in [9.17, 15) is 22.8 Å². The highest BCUT2D eigenvalue weighted by molar-refractivity contribution is 6.31. The van der Waals surface area contributed by atoms with E-state index in [1.165, 1.54) is 12.1 Å². The van der Waals surface area contributed by atoms with Gasteiger partial charge >= 0.3 is 6.18 Å². The molecule has 1 fully saturated rings. The normalized spacial score (nSPS) is 14.0. The van der Waals surface area contributed by atoms with Crippen LogP contribution in [0.5, 0.6) is 5.88 Å². The topological polar surface area (TPSA) is 71.5 Å². The Bertz CT molecular complexity index is 898. The number of aromatic nitrogens is 1. The maximum absolute atomic E-state index is 12.7. The van der Waals surface area contributed by atoms with E-state index >= 15 is 0 Å². The molecule has 10 heteroatoms. The number of nitrogens with one attached hydrogen (secondary N) is 1. The predicted molar refractivity (Wildman–Crippen MR) is 100 cm³/mol. The van der Waals surface area contributed by atoms with E-state index in [1.54, 1.807) is 17.0 Å². The number of nitrogens with zero attached hydrogens (tertiary/aromatic N) is 2. The van der Waals surface area contributed by atoms with Gasteiger partial charge in [0.25, 0.3) is 11.8 Å². The van der Waals surface area contributed by atoms with E-state index in [2.05, 4.69) is 15.0 Å². The molecule has 0 saturated carbocycles. The highest BCUT2D eigenvalue weighted by Gasteiger charge is 2.28. The minimum atomic E-state index is -4.48. The van der Waals surface area contributed by atoms with Gasteiger partial charge in [-0.2, -0.15) is 13.2 Å². The maximum atomic E-state index is 12.7. The average Bonchev–Trinajstić information content (AvgIpc) is 3.20. The van der Waals surface area contributed by atoms with Gasteiger partial charge in [-0.25, -0.2) is 4.98 Å². The number of halogens is 4. The van der Waals surface area contributed by atoms with E-state index in [-0.39, 0.29) is 23.0 Å². The highest BCUT2D eigenvalue weighted by Crippen LogP contribution is 2.25. The Balaban J connectivity index is 1.73. The van der Waals surface area contributed by atoms with Crippen LogP contribution < -0.4 is 10.1 Å². The van der Waals surface area contributed by atoms with Crippen LogP contribution in [-0.2, 0) is 0 Å². The Morgan fingerprint density at radius 2 is 1.90 bits per heavy atom. The van der Waals surface area contributed by atoms with E-state index in [0.29, 0.717) is 23.7 Å². The highest BCUT2D eigenvalue weighted by atomic mass is 35.5. The van der Waals surface area contributed by atoms with Crippen molar-refractivity contribution in [3.63, 3.8) is 0 Å². The van der Waals surface area contributed by atoms with Gasteiger partial charge in [-0.15, -0.1) is 0 Å². The summed E-state index contributed by atoms with van der Waals surface area (Å²) in [5.41, 5.74) is 0.642. The Labute approximate surface area is 169 Å². The van der Waals surface area contributed by atoms with Gasteiger partial charge < -0.3 is 15.0 Å². The lowest BCUT2D eigenvalue weighted by Crippen LogP contribution is -2.28. The third-order valence-corrected chi connectivity index (χ3v) is 4.47. The summed E-state index contributed by atoms with van der Waals surface area (Å²) < 4.78 is 41.1. The number of rotatable bonds is 5. The number of carbonyl (C=O) groups excluding carboxylic acids is 2. The molecule has 154 valence electrons. The van der Waals surface area contributed by atoms with Crippen molar-refractivity contribution >= 4 is 29.1 Å². The molecule has 1 aliphatic heterocycles. The monoisotopic (exact) mass is 427 g/mol. The molecule has 0 radical (unpaired) electrons. The van der Waals surface area contributed by atoms with Crippen LogP contribution in [0.4, 0.5) is 18.9 Å². The minimum Gasteiger partial charge on any atom is -0.468 e. The number of alkyl halides is 3. The third kappa shape index (κ3) is 5.60. The van der Waals surface area contributed by atoms with Crippen molar-refractivity contribution in [1.82, 2.24) is 9.88 Å². The van der Waals surface area contributed by atoms with E-state index in [1.807, 2.05) is 0 Å². The van der Waals surface area contributed by atoms with Gasteiger partial charge in [0, 0.05) is 30.4 Å². The summed E-state index contributed by atoms with van der Waals surface area (Å²) in [6.07, 6.45) is -1.54. The van der Waals surface area contributed by atoms with Crippen molar-refractivity contribution in [2.45, 2.75) is 19.0 Å². The van der Waals surface area contributed by atoms with Crippen LogP contribution in [0.1, 0.15) is 33.6 Å². The van der Waals surface area contributed by atoms with E-state index in [0.717, 1.165) is 25.1 Å². The Morgan fingerprint density at radius 1 is 1.17 bits per heavy atom. The second-order valence-corrected chi connectivity index (χ2v) is 6.87. The number of hydrogen-bond acceptors (Lipinski definition) is 4. The molecule has 2 amide bonds. The first-order valence-corrected chi connectivity index (χ1v) is 9.16. The molecule has 0 aliphatic carbocycles. The molecule has 3 rings (SSSR count). The number of anilines is 1. The minimum absolute atomic E-state index is 0.0869. The van der Waals surface area contributed by atoms with Crippen molar-refractivity contribution in [2.24, 2.45) is 0 Å². The second-order valence-electron chi connectivity index (χ2n) is 6.43. The smallest absolute Gasteiger partial charge is 0.422 e. The molecule has 2 aromatic rings. The van der Waals surface area contributed by atoms with E-state index < -0.39 is 18.7 Å². The summed E-state index contributed by atoms with van der Waals surface area (Å²) in [7, 11) is 0. The molecule has 1 aliphatic rings. The number of pyridine rings is 1. The van der Waals surface area contributed by atoms with Crippen molar-refractivity contribution in [2.75, 3.05) is 25.0 Å². The molecule has 1 aromatic heterocycles. The zero-order valence-corrected chi connectivity index (χ0v) is 15.9. The summed E-state index contributed by atoms with van der Waals surface area (Å²) in [6, 6.07) is 7.02. The summed E-state index contributed by atoms with van der Waals surface area (Å²) >= 11 is 6.01. The largest absolute Gasteiger partial charge is 0.468 e. The van der Waals surface area contributed by atoms with Gasteiger partial charge in [-0.1, -0.05) is 11.6 Å². The maximum Gasteiger partial charge on any atom is 0.422 e. The average molecular weight is 428 g/mol. The molecule has 1 aromatic carbocycles. The number of amides is 2. The molecule has 2 heterocycles. The lowest BCUT2D eigenvalue weighted by atomic mass is 10.1. The van der Waals surface area contributed by atoms with Gasteiger partial charge in [0.05, 0.1) is 16.8 Å². The number of ether oxygens (including phenoxy) is 1. The zero-order chi connectivity index (χ0) is 21.0. The Morgan fingerprint density at radius 3 is 2.52 bits per heavy atom. The molecule has 1 N–H and O–H groups in total. The van der Waals surface area contributed by atoms with Crippen LogP contribution in [-0.4, -0.2) is 47.6 Å². The van der Waals surface area contributed by atoms with Crippen LogP contribution in [0.3, 0.4) is 0 Å². The fourth-order valence-electron chi connectivity index (χ4n) is 2.85. The summed E-state index contributed by atoms with van der Waals surface area (Å²) in [5, 5.41) is 2.96. The Kier molecular flexibility index (Phi) is 6.26. The van der Waals surface area contributed by atoms with Gasteiger partial charge in [-0.3, -0.25) is 9.59 Å². The summed E-state index contributed by atoms with van der Waals surface area (Å²) in [5.74, 6) is -1.05. The molecule has 0 bridgehead atoms. The molecule has 0 atom stereocenters. The van der Waals surface area contributed by atoms with E-state index in [4.69, 9.17) is 11.6 Å². The first-order valence-electron chi connectivity index (χ1n) is 8.79. The summed E-state index contributed by atoms with van der Waals surface area (Å²) in [6.45, 7) is -0.174. The third-order valence-electron chi connectivity index (χ3n) is 4.24. The molecular weight excluding hydrogens is 411 g/mol. The fourth-order valence-corrected chi connectivity index (χ4v) is 3.02. The SMILES string of the molecule is O=C(Nc1cc(Cl)ccc1C(=O)N1CCCC1)c1ccc(OCC(F)(F)F)nc1. The van der Waals surface area contributed by atoms with Gasteiger partial charge in [0.2, 0.25) is 5.88 Å². The number of hydrogen-bond donors (Lipinski definition) is 1. The lowest BCUT2D eigenvalue weighted by molar-refractivity contribution is -0.154.